The van der Waals surface area contributed by atoms with Crippen LogP contribution < -0.4 is 16.6 Å². The van der Waals surface area contributed by atoms with Gasteiger partial charge in [-0.05, 0) is 11.5 Å². The van der Waals surface area contributed by atoms with Crippen molar-refractivity contribution in [2.24, 2.45) is 5.92 Å². The second-order valence-corrected chi connectivity index (χ2v) is 8.54. The number of ether oxygens (including phenoxy) is 3. The van der Waals surface area contributed by atoms with E-state index >= 15 is 0 Å². The number of nitrogens with one attached hydrogen (secondary N) is 1. The van der Waals surface area contributed by atoms with Gasteiger partial charge in [-0.15, -0.1) is 0 Å². The fourth-order valence-electron chi connectivity index (χ4n) is 3.57. The summed E-state index contributed by atoms with van der Waals surface area (Å²) in [7, 11) is 0. The average molecular weight is 509 g/mol. The monoisotopic (exact) mass is 509 g/mol. The van der Waals surface area contributed by atoms with Crippen LogP contribution >= 0.6 is 0 Å². The highest BCUT2D eigenvalue weighted by Crippen LogP contribution is 2.27. The third kappa shape index (κ3) is 6.36. The number of halogens is 1. The molecule has 0 aliphatic carbocycles. The molecule has 12 nitrogen and oxygen atoms in total. The lowest BCUT2D eigenvalue weighted by atomic mass is 10.1. The number of benzene rings is 1. The second-order valence-electron chi connectivity index (χ2n) is 8.54. The SMILES string of the molecule is CC(C)[C@@H](NC(=O)OCc1ccccc1)C(=O)OCn1c(=O)c(F)cn([C@H]2C[C@H](O)[C@@H](CO)O2)c1=O. The van der Waals surface area contributed by atoms with Gasteiger partial charge in [-0.25, -0.2) is 19.0 Å². The van der Waals surface area contributed by atoms with Gasteiger partial charge in [-0.3, -0.25) is 9.36 Å². The van der Waals surface area contributed by atoms with E-state index in [-0.39, 0.29) is 13.0 Å². The van der Waals surface area contributed by atoms with Gasteiger partial charge < -0.3 is 29.7 Å². The third-order valence-electron chi connectivity index (χ3n) is 5.59. The molecule has 13 heteroatoms. The predicted molar refractivity (Wildman–Crippen MR) is 121 cm³/mol. The lowest BCUT2D eigenvalue weighted by molar-refractivity contribution is -0.151. The Balaban J connectivity index is 1.68. The number of aromatic nitrogens is 2. The second kappa shape index (κ2) is 11.9. The van der Waals surface area contributed by atoms with Crippen molar-refractivity contribution in [1.82, 2.24) is 14.5 Å². The van der Waals surface area contributed by atoms with E-state index in [2.05, 4.69) is 5.32 Å². The molecule has 1 aliphatic rings. The van der Waals surface area contributed by atoms with E-state index in [9.17, 15) is 33.8 Å². The number of aliphatic hydroxyl groups excluding tert-OH is 2. The van der Waals surface area contributed by atoms with Crippen LogP contribution in [0.5, 0.6) is 0 Å². The fourth-order valence-corrected chi connectivity index (χ4v) is 3.57. The van der Waals surface area contributed by atoms with Gasteiger partial charge in [0.1, 0.15) is 25.0 Å². The molecule has 0 radical (unpaired) electrons. The van der Waals surface area contributed by atoms with Crippen LogP contribution in [-0.4, -0.2) is 56.3 Å². The van der Waals surface area contributed by atoms with E-state index in [0.29, 0.717) is 10.8 Å². The summed E-state index contributed by atoms with van der Waals surface area (Å²) in [5.41, 5.74) is -1.65. The van der Waals surface area contributed by atoms with Gasteiger partial charge in [0.2, 0.25) is 5.82 Å². The summed E-state index contributed by atoms with van der Waals surface area (Å²) >= 11 is 0. The first-order valence-electron chi connectivity index (χ1n) is 11.2. The van der Waals surface area contributed by atoms with Crippen molar-refractivity contribution in [3.63, 3.8) is 0 Å². The zero-order chi connectivity index (χ0) is 26.4. The summed E-state index contributed by atoms with van der Waals surface area (Å²) in [5.74, 6) is -2.75. The molecule has 0 bridgehead atoms. The number of nitrogens with zero attached hydrogens (tertiary/aromatic N) is 2. The molecule has 4 atom stereocenters. The van der Waals surface area contributed by atoms with Crippen molar-refractivity contribution in [2.75, 3.05) is 6.61 Å². The van der Waals surface area contributed by atoms with Crippen molar-refractivity contribution in [3.8, 4) is 0 Å². The Hall–Kier alpha value is -3.55. The minimum absolute atomic E-state index is 0.0279. The zero-order valence-electron chi connectivity index (χ0n) is 19.7. The highest BCUT2D eigenvalue weighted by atomic mass is 19.1. The van der Waals surface area contributed by atoms with Crippen LogP contribution in [0.15, 0.2) is 46.1 Å². The number of amides is 1. The summed E-state index contributed by atoms with van der Waals surface area (Å²) in [6, 6.07) is 7.69. The summed E-state index contributed by atoms with van der Waals surface area (Å²) in [4.78, 5) is 49.8. The summed E-state index contributed by atoms with van der Waals surface area (Å²) < 4.78 is 30.9. The van der Waals surface area contributed by atoms with Crippen molar-refractivity contribution in [2.45, 2.75) is 58.1 Å². The summed E-state index contributed by atoms with van der Waals surface area (Å²) in [6.07, 6.45) is -3.62. The first-order valence-corrected chi connectivity index (χ1v) is 11.2. The third-order valence-corrected chi connectivity index (χ3v) is 5.59. The molecular formula is C23H28FN3O9. The van der Waals surface area contributed by atoms with E-state index in [1.807, 2.05) is 6.07 Å². The quantitative estimate of drug-likeness (QED) is 0.403. The molecule has 3 N–H and O–H groups in total. The average Bonchev–Trinajstić information content (AvgIpc) is 3.23. The molecule has 2 heterocycles. The molecule has 1 aromatic heterocycles. The minimum atomic E-state index is -1.34. The van der Waals surface area contributed by atoms with Crippen molar-refractivity contribution in [3.05, 3.63) is 68.7 Å². The Labute approximate surface area is 204 Å². The van der Waals surface area contributed by atoms with E-state index in [4.69, 9.17) is 14.2 Å². The predicted octanol–water partition coefficient (Wildman–Crippen LogP) is 0.242. The van der Waals surface area contributed by atoms with Gasteiger partial charge in [-0.1, -0.05) is 44.2 Å². The van der Waals surface area contributed by atoms with Gasteiger partial charge in [0.25, 0.3) is 5.56 Å². The molecule has 1 aliphatic heterocycles. The number of carbonyl (C=O) groups is 2. The first-order chi connectivity index (χ1) is 17.1. The highest BCUT2D eigenvalue weighted by Gasteiger charge is 2.36. The molecule has 36 heavy (non-hydrogen) atoms. The van der Waals surface area contributed by atoms with Crippen molar-refractivity contribution in [1.29, 1.82) is 0 Å². The Morgan fingerprint density at radius 1 is 1.22 bits per heavy atom. The van der Waals surface area contributed by atoms with E-state index in [0.717, 1.165) is 10.1 Å². The number of hydrogen-bond donors (Lipinski definition) is 3. The van der Waals surface area contributed by atoms with Crippen molar-refractivity contribution >= 4 is 12.1 Å². The Bertz CT molecular complexity index is 1180. The van der Waals surface area contributed by atoms with Crippen LogP contribution in [0.1, 0.15) is 32.1 Å². The molecule has 1 fully saturated rings. The van der Waals surface area contributed by atoms with Crippen LogP contribution in [0.3, 0.4) is 0 Å². The van der Waals surface area contributed by atoms with E-state index < -0.39 is 72.9 Å². The van der Waals surface area contributed by atoms with Gasteiger partial charge in [-0.2, -0.15) is 4.39 Å². The maximum atomic E-state index is 14.3. The number of carbonyl (C=O) groups excluding carboxylic acids is 2. The number of rotatable bonds is 9. The summed E-state index contributed by atoms with van der Waals surface area (Å²) in [5, 5.41) is 21.5. The number of esters is 1. The lowest BCUT2D eigenvalue weighted by Crippen LogP contribution is -2.47. The first kappa shape index (κ1) is 27.0. The van der Waals surface area contributed by atoms with Crippen LogP contribution in [0, 0.1) is 11.7 Å². The van der Waals surface area contributed by atoms with Crippen LogP contribution in [-0.2, 0) is 32.3 Å². The van der Waals surface area contributed by atoms with Crippen LogP contribution in [0.4, 0.5) is 9.18 Å². The number of alkyl carbamates (subject to hydrolysis) is 1. The molecule has 0 unspecified atom stereocenters. The number of hydrogen-bond acceptors (Lipinski definition) is 9. The smallest absolute Gasteiger partial charge is 0.408 e. The van der Waals surface area contributed by atoms with Gasteiger partial charge in [0, 0.05) is 6.42 Å². The van der Waals surface area contributed by atoms with Gasteiger partial charge >= 0.3 is 17.8 Å². The molecule has 0 saturated carbocycles. The standard InChI is InChI=1S/C23H28FN3O9/c1-13(2)19(25-22(32)34-11-14-6-4-3-5-7-14)21(31)35-12-27-20(30)15(24)9-26(23(27)33)18-8-16(29)17(10-28)36-18/h3-7,9,13,16-19,28-29H,8,10-12H2,1-2H3,(H,25,32)/t16-,17+,18+,19+/m0/s1. The van der Waals surface area contributed by atoms with Crippen LogP contribution in [0.2, 0.25) is 0 Å². The molecule has 3 rings (SSSR count). The molecule has 1 amide bonds. The largest absolute Gasteiger partial charge is 0.445 e. The van der Waals surface area contributed by atoms with Gasteiger partial charge in [0.05, 0.1) is 18.9 Å². The summed E-state index contributed by atoms with van der Waals surface area (Å²) in [6.45, 7) is 1.77. The fraction of sp³-hybridized carbons (Fsp3) is 0.478. The van der Waals surface area contributed by atoms with E-state index in [1.165, 1.54) is 0 Å². The number of aliphatic hydroxyl groups is 2. The maximum Gasteiger partial charge on any atom is 0.408 e. The molecule has 2 aromatic rings. The lowest BCUT2D eigenvalue weighted by Gasteiger charge is -2.21. The Morgan fingerprint density at radius 2 is 1.92 bits per heavy atom. The highest BCUT2D eigenvalue weighted by molar-refractivity contribution is 5.81. The van der Waals surface area contributed by atoms with E-state index in [1.54, 1.807) is 38.1 Å². The van der Waals surface area contributed by atoms with Gasteiger partial charge in [0.15, 0.2) is 6.73 Å². The molecule has 1 aromatic carbocycles. The molecule has 196 valence electrons. The minimum Gasteiger partial charge on any atom is -0.445 e. The molecule has 1 saturated heterocycles. The maximum absolute atomic E-state index is 14.3. The van der Waals surface area contributed by atoms with Crippen LogP contribution in [0.25, 0.3) is 0 Å². The Morgan fingerprint density at radius 3 is 2.53 bits per heavy atom. The van der Waals surface area contributed by atoms with Crippen molar-refractivity contribution < 1.29 is 38.4 Å². The molecule has 0 spiro atoms. The normalized spacial score (nSPS) is 20.2. The Kier molecular flexibility index (Phi) is 8.96. The topological polar surface area (TPSA) is 158 Å². The molecular weight excluding hydrogens is 481 g/mol. The zero-order valence-corrected chi connectivity index (χ0v) is 19.7.